The SMILES string of the molecule is CN(c1cccc(O)c1)S(=O)(=O)Cc1ccccc1C#N. The average Bonchev–Trinajstić information content (AvgIpc) is 2.46. The van der Waals surface area contributed by atoms with E-state index in [-0.39, 0.29) is 11.5 Å². The molecule has 108 valence electrons. The van der Waals surface area contributed by atoms with Crippen LogP contribution >= 0.6 is 0 Å². The standard InChI is InChI=1S/C15H14N2O3S/c1-17(14-7-4-8-15(18)9-14)21(19,20)11-13-6-3-2-5-12(13)10-16/h2-9,18H,11H2,1H3. The second kappa shape index (κ2) is 5.85. The predicted octanol–water partition coefficient (Wildman–Crippen LogP) is 2.23. The molecule has 0 unspecified atom stereocenters. The minimum absolute atomic E-state index is 0.00743. The molecule has 0 amide bonds. The largest absolute Gasteiger partial charge is 0.508 e. The van der Waals surface area contributed by atoms with Crippen LogP contribution in [0.5, 0.6) is 5.75 Å². The van der Waals surface area contributed by atoms with E-state index < -0.39 is 10.0 Å². The summed E-state index contributed by atoms with van der Waals surface area (Å²) < 4.78 is 25.9. The van der Waals surface area contributed by atoms with E-state index >= 15 is 0 Å². The fourth-order valence-electron chi connectivity index (χ4n) is 1.90. The lowest BCUT2D eigenvalue weighted by Crippen LogP contribution is -2.28. The van der Waals surface area contributed by atoms with Crippen molar-refractivity contribution in [1.29, 1.82) is 5.26 Å². The van der Waals surface area contributed by atoms with Crippen LogP contribution in [0.4, 0.5) is 5.69 Å². The van der Waals surface area contributed by atoms with E-state index in [0.717, 1.165) is 4.31 Å². The fraction of sp³-hybridized carbons (Fsp3) is 0.133. The quantitative estimate of drug-likeness (QED) is 0.939. The van der Waals surface area contributed by atoms with E-state index in [9.17, 15) is 13.5 Å². The lowest BCUT2D eigenvalue weighted by Gasteiger charge is -2.20. The molecule has 21 heavy (non-hydrogen) atoms. The number of aromatic hydroxyl groups is 1. The first-order valence-corrected chi connectivity index (χ1v) is 7.78. The molecule has 0 fully saturated rings. The number of phenols is 1. The minimum atomic E-state index is -3.64. The summed E-state index contributed by atoms with van der Waals surface area (Å²) in [5.74, 6) is -0.282. The Bertz CT molecular complexity index is 795. The van der Waals surface area contributed by atoms with Gasteiger partial charge in [0.25, 0.3) is 0 Å². The van der Waals surface area contributed by atoms with Gasteiger partial charge in [0.1, 0.15) is 5.75 Å². The maximum absolute atomic E-state index is 12.4. The smallest absolute Gasteiger partial charge is 0.239 e. The van der Waals surface area contributed by atoms with Gasteiger partial charge >= 0.3 is 0 Å². The Morgan fingerprint density at radius 3 is 2.57 bits per heavy atom. The van der Waals surface area contributed by atoms with Gasteiger partial charge in [0.05, 0.1) is 23.1 Å². The third-order valence-corrected chi connectivity index (χ3v) is 4.81. The highest BCUT2D eigenvalue weighted by molar-refractivity contribution is 7.92. The van der Waals surface area contributed by atoms with E-state index in [0.29, 0.717) is 16.8 Å². The summed E-state index contributed by atoms with van der Waals surface area (Å²) in [6.07, 6.45) is 0. The molecule has 0 aliphatic rings. The zero-order valence-electron chi connectivity index (χ0n) is 11.4. The summed E-state index contributed by atoms with van der Waals surface area (Å²) in [6, 6.07) is 14.6. The van der Waals surface area contributed by atoms with Crippen molar-refractivity contribution < 1.29 is 13.5 Å². The molecule has 0 spiro atoms. The number of benzene rings is 2. The first kappa shape index (κ1) is 14.9. The van der Waals surface area contributed by atoms with E-state index in [1.54, 1.807) is 36.4 Å². The summed E-state index contributed by atoms with van der Waals surface area (Å²) >= 11 is 0. The molecule has 0 aromatic heterocycles. The summed E-state index contributed by atoms with van der Waals surface area (Å²) in [7, 11) is -2.23. The van der Waals surface area contributed by atoms with Crippen molar-refractivity contribution in [2.24, 2.45) is 0 Å². The Kier molecular flexibility index (Phi) is 4.15. The van der Waals surface area contributed by atoms with Crippen LogP contribution in [0.15, 0.2) is 48.5 Å². The lowest BCUT2D eigenvalue weighted by atomic mass is 10.1. The van der Waals surface area contributed by atoms with Crippen molar-refractivity contribution in [1.82, 2.24) is 0 Å². The van der Waals surface area contributed by atoms with E-state index in [1.165, 1.54) is 19.2 Å². The van der Waals surface area contributed by atoms with Crippen LogP contribution in [0.25, 0.3) is 0 Å². The average molecular weight is 302 g/mol. The van der Waals surface area contributed by atoms with Gasteiger partial charge in [0.2, 0.25) is 10.0 Å². The summed E-state index contributed by atoms with van der Waals surface area (Å²) in [5.41, 5.74) is 1.15. The molecule has 0 atom stereocenters. The van der Waals surface area contributed by atoms with Crippen LogP contribution < -0.4 is 4.31 Å². The van der Waals surface area contributed by atoms with Crippen molar-refractivity contribution in [2.45, 2.75) is 5.75 Å². The maximum atomic E-state index is 12.4. The summed E-state index contributed by atoms with van der Waals surface area (Å²) in [6.45, 7) is 0. The van der Waals surface area contributed by atoms with Crippen molar-refractivity contribution in [2.75, 3.05) is 11.4 Å². The highest BCUT2D eigenvalue weighted by Gasteiger charge is 2.20. The number of nitriles is 1. The normalized spacial score (nSPS) is 10.9. The monoisotopic (exact) mass is 302 g/mol. The number of hydrogen-bond donors (Lipinski definition) is 1. The number of phenolic OH excluding ortho intramolecular Hbond substituents is 1. The molecule has 6 heteroatoms. The van der Waals surface area contributed by atoms with Gasteiger partial charge in [0, 0.05) is 13.1 Å². The predicted molar refractivity (Wildman–Crippen MR) is 80.3 cm³/mol. The van der Waals surface area contributed by atoms with Gasteiger partial charge in [-0.2, -0.15) is 5.26 Å². The van der Waals surface area contributed by atoms with Gasteiger partial charge in [-0.15, -0.1) is 0 Å². The highest BCUT2D eigenvalue weighted by Crippen LogP contribution is 2.23. The molecule has 0 aliphatic heterocycles. The second-order valence-electron chi connectivity index (χ2n) is 4.51. The molecular formula is C15H14N2O3S. The Balaban J connectivity index is 2.32. The molecule has 0 bridgehead atoms. The molecule has 1 N–H and O–H groups in total. The van der Waals surface area contributed by atoms with Crippen molar-refractivity contribution in [3.05, 3.63) is 59.7 Å². The second-order valence-corrected chi connectivity index (χ2v) is 6.51. The third kappa shape index (κ3) is 3.33. The molecule has 0 aliphatic carbocycles. The van der Waals surface area contributed by atoms with Gasteiger partial charge in [-0.05, 0) is 23.8 Å². The lowest BCUT2D eigenvalue weighted by molar-refractivity contribution is 0.475. The van der Waals surface area contributed by atoms with E-state index in [2.05, 4.69) is 0 Å². The minimum Gasteiger partial charge on any atom is -0.508 e. The van der Waals surface area contributed by atoms with Gasteiger partial charge < -0.3 is 5.11 Å². The van der Waals surface area contributed by atoms with Crippen molar-refractivity contribution in [3.63, 3.8) is 0 Å². The highest BCUT2D eigenvalue weighted by atomic mass is 32.2. The van der Waals surface area contributed by atoms with Gasteiger partial charge in [-0.25, -0.2) is 8.42 Å². The fourth-order valence-corrected chi connectivity index (χ4v) is 3.17. The van der Waals surface area contributed by atoms with Crippen LogP contribution in [-0.4, -0.2) is 20.6 Å². The number of nitrogens with zero attached hydrogens (tertiary/aromatic N) is 2. The molecule has 0 saturated carbocycles. The number of sulfonamides is 1. The molecular weight excluding hydrogens is 288 g/mol. The Labute approximate surface area is 123 Å². The number of anilines is 1. The first-order chi connectivity index (χ1) is 9.94. The molecule has 2 aromatic rings. The first-order valence-electron chi connectivity index (χ1n) is 6.17. The number of hydrogen-bond acceptors (Lipinski definition) is 4. The van der Waals surface area contributed by atoms with Crippen molar-refractivity contribution in [3.8, 4) is 11.8 Å². The summed E-state index contributed by atoms with van der Waals surface area (Å²) in [4.78, 5) is 0. The van der Waals surface area contributed by atoms with E-state index in [1.807, 2.05) is 6.07 Å². The topological polar surface area (TPSA) is 81.4 Å². The van der Waals surface area contributed by atoms with Crippen LogP contribution in [0.1, 0.15) is 11.1 Å². The van der Waals surface area contributed by atoms with Crippen LogP contribution in [0.3, 0.4) is 0 Å². The molecule has 5 nitrogen and oxygen atoms in total. The molecule has 2 rings (SSSR count). The third-order valence-electron chi connectivity index (χ3n) is 3.09. The van der Waals surface area contributed by atoms with Crippen molar-refractivity contribution >= 4 is 15.7 Å². The maximum Gasteiger partial charge on any atom is 0.239 e. The molecule has 0 heterocycles. The number of rotatable bonds is 4. The van der Waals surface area contributed by atoms with Gasteiger partial charge in [-0.3, -0.25) is 4.31 Å². The van der Waals surface area contributed by atoms with Crippen LogP contribution in [0, 0.1) is 11.3 Å². The molecule has 2 aromatic carbocycles. The van der Waals surface area contributed by atoms with Gasteiger partial charge in [-0.1, -0.05) is 24.3 Å². The van der Waals surface area contributed by atoms with E-state index in [4.69, 9.17) is 5.26 Å². The zero-order chi connectivity index (χ0) is 15.5. The Hall–Kier alpha value is -2.52. The zero-order valence-corrected chi connectivity index (χ0v) is 12.2. The summed E-state index contributed by atoms with van der Waals surface area (Å²) in [5, 5.41) is 18.5. The van der Waals surface area contributed by atoms with Gasteiger partial charge in [0.15, 0.2) is 0 Å². The van der Waals surface area contributed by atoms with Crippen LogP contribution in [-0.2, 0) is 15.8 Å². The Morgan fingerprint density at radius 1 is 1.19 bits per heavy atom. The van der Waals surface area contributed by atoms with Crippen LogP contribution in [0.2, 0.25) is 0 Å². The molecule has 0 saturated heterocycles. The molecule has 0 radical (unpaired) electrons. The Morgan fingerprint density at radius 2 is 1.90 bits per heavy atom.